The van der Waals surface area contributed by atoms with E-state index in [1.165, 1.54) is 0 Å². The van der Waals surface area contributed by atoms with Crippen molar-refractivity contribution in [1.29, 1.82) is 5.26 Å². The molecule has 0 aliphatic carbocycles. The molecule has 0 bridgehead atoms. The third-order valence-electron chi connectivity index (χ3n) is 2.97. The van der Waals surface area contributed by atoms with Crippen LogP contribution in [0.3, 0.4) is 0 Å². The van der Waals surface area contributed by atoms with E-state index in [-0.39, 0.29) is 6.10 Å². The molecule has 4 heteroatoms. The maximum atomic E-state index is 8.89. The van der Waals surface area contributed by atoms with E-state index in [1.807, 2.05) is 24.3 Å². The summed E-state index contributed by atoms with van der Waals surface area (Å²) in [5.74, 6) is 0. The molecule has 4 nitrogen and oxygen atoms in total. The van der Waals surface area contributed by atoms with Crippen molar-refractivity contribution in [2.45, 2.75) is 12.5 Å². The fourth-order valence-electron chi connectivity index (χ4n) is 2.09. The number of morpholine rings is 1. The average molecular weight is 231 g/mol. The fourth-order valence-corrected chi connectivity index (χ4v) is 2.09. The van der Waals surface area contributed by atoms with Gasteiger partial charge in [0.05, 0.1) is 24.3 Å². The van der Waals surface area contributed by atoms with Crippen molar-refractivity contribution in [2.75, 3.05) is 31.1 Å². The highest BCUT2D eigenvalue weighted by molar-refractivity contribution is 5.51. The third-order valence-corrected chi connectivity index (χ3v) is 2.97. The van der Waals surface area contributed by atoms with Gasteiger partial charge in [0.1, 0.15) is 0 Å². The van der Waals surface area contributed by atoms with Crippen LogP contribution in [0.4, 0.5) is 5.69 Å². The van der Waals surface area contributed by atoms with E-state index in [0.717, 1.165) is 31.8 Å². The minimum absolute atomic E-state index is 0.208. The fraction of sp³-hybridized carbons (Fsp3) is 0.462. The smallest absolute Gasteiger partial charge is 0.0992 e. The standard InChI is InChI=1S/C13H17N3O/c14-5-4-13-10-16(6-7-17-13)12-3-1-2-11(8-12)9-15/h1-3,8,13H,4-7,10,14H2. The number of nitrogens with two attached hydrogens (primary N) is 1. The third kappa shape index (κ3) is 2.96. The summed E-state index contributed by atoms with van der Waals surface area (Å²) in [7, 11) is 0. The topological polar surface area (TPSA) is 62.3 Å². The lowest BCUT2D eigenvalue weighted by molar-refractivity contribution is 0.0369. The van der Waals surface area contributed by atoms with Crippen molar-refractivity contribution in [3.05, 3.63) is 29.8 Å². The van der Waals surface area contributed by atoms with E-state index in [1.54, 1.807) is 0 Å². The zero-order valence-corrected chi connectivity index (χ0v) is 9.80. The molecule has 2 rings (SSSR count). The molecular weight excluding hydrogens is 214 g/mol. The van der Waals surface area contributed by atoms with Crippen LogP contribution in [-0.4, -0.2) is 32.3 Å². The molecule has 1 unspecified atom stereocenters. The highest BCUT2D eigenvalue weighted by Gasteiger charge is 2.20. The van der Waals surface area contributed by atoms with E-state index in [2.05, 4.69) is 11.0 Å². The second kappa shape index (κ2) is 5.67. The second-order valence-electron chi connectivity index (χ2n) is 4.18. The Hall–Kier alpha value is -1.57. The zero-order valence-electron chi connectivity index (χ0n) is 9.80. The van der Waals surface area contributed by atoms with Crippen LogP contribution in [0.25, 0.3) is 0 Å². The van der Waals surface area contributed by atoms with Crippen molar-refractivity contribution in [1.82, 2.24) is 0 Å². The van der Waals surface area contributed by atoms with E-state index >= 15 is 0 Å². The normalized spacial score (nSPS) is 20.0. The molecule has 1 aliphatic heterocycles. The lowest BCUT2D eigenvalue weighted by Gasteiger charge is -2.34. The molecule has 0 radical (unpaired) electrons. The van der Waals surface area contributed by atoms with Crippen molar-refractivity contribution in [3.8, 4) is 6.07 Å². The molecule has 0 spiro atoms. The molecule has 0 amide bonds. The predicted octanol–water partition coefficient (Wildman–Crippen LogP) is 1.11. The molecule has 1 fully saturated rings. The molecular formula is C13H17N3O. The summed E-state index contributed by atoms with van der Waals surface area (Å²) in [6.45, 7) is 3.10. The molecule has 1 heterocycles. The van der Waals surface area contributed by atoms with Gasteiger partial charge in [0.2, 0.25) is 0 Å². The summed E-state index contributed by atoms with van der Waals surface area (Å²) < 4.78 is 5.64. The molecule has 1 aromatic carbocycles. The maximum absolute atomic E-state index is 8.89. The Morgan fingerprint density at radius 2 is 2.41 bits per heavy atom. The quantitative estimate of drug-likeness (QED) is 0.846. The van der Waals surface area contributed by atoms with Crippen LogP contribution in [0, 0.1) is 11.3 Å². The van der Waals surface area contributed by atoms with Gasteiger partial charge in [0.25, 0.3) is 0 Å². The van der Waals surface area contributed by atoms with E-state index in [9.17, 15) is 0 Å². The Bertz CT molecular complexity index is 411. The second-order valence-corrected chi connectivity index (χ2v) is 4.18. The molecule has 17 heavy (non-hydrogen) atoms. The van der Waals surface area contributed by atoms with Crippen LogP contribution in [0.15, 0.2) is 24.3 Å². The Morgan fingerprint density at radius 3 is 3.18 bits per heavy atom. The first-order valence-electron chi connectivity index (χ1n) is 5.90. The van der Waals surface area contributed by atoms with E-state index in [0.29, 0.717) is 12.1 Å². The van der Waals surface area contributed by atoms with Crippen LogP contribution in [-0.2, 0) is 4.74 Å². The molecule has 0 aromatic heterocycles. The number of nitriles is 1. The van der Waals surface area contributed by atoms with Crippen molar-refractivity contribution >= 4 is 5.69 Å². The van der Waals surface area contributed by atoms with Gasteiger partial charge in [0.15, 0.2) is 0 Å². The molecule has 1 saturated heterocycles. The number of hydrogen-bond donors (Lipinski definition) is 1. The molecule has 1 atom stereocenters. The van der Waals surface area contributed by atoms with Crippen LogP contribution in [0.5, 0.6) is 0 Å². The van der Waals surface area contributed by atoms with Gasteiger partial charge in [-0.15, -0.1) is 0 Å². The van der Waals surface area contributed by atoms with Gasteiger partial charge in [-0.05, 0) is 31.2 Å². The molecule has 0 saturated carbocycles. The highest BCUT2D eigenvalue weighted by Crippen LogP contribution is 2.19. The maximum Gasteiger partial charge on any atom is 0.0992 e. The average Bonchev–Trinajstić information content (AvgIpc) is 2.40. The summed E-state index contributed by atoms with van der Waals surface area (Å²) in [6, 6.07) is 9.86. The van der Waals surface area contributed by atoms with Crippen molar-refractivity contribution in [2.24, 2.45) is 5.73 Å². The number of ether oxygens (including phenoxy) is 1. The van der Waals surface area contributed by atoms with Crippen LogP contribution in [0.2, 0.25) is 0 Å². The van der Waals surface area contributed by atoms with Crippen molar-refractivity contribution < 1.29 is 4.74 Å². The first-order valence-corrected chi connectivity index (χ1v) is 5.90. The number of benzene rings is 1. The predicted molar refractivity (Wildman–Crippen MR) is 66.8 cm³/mol. The lowest BCUT2D eigenvalue weighted by atomic mass is 10.1. The Labute approximate surface area is 102 Å². The number of anilines is 1. The van der Waals surface area contributed by atoms with Gasteiger partial charge in [-0.2, -0.15) is 5.26 Å². The summed E-state index contributed by atoms with van der Waals surface area (Å²) in [6.07, 6.45) is 1.09. The molecule has 1 aromatic rings. The number of hydrogen-bond acceptors (Lipinski definition) is 4. The van der Waals surface area contributed by atoms with Gasteiger partial charge < -0.3 is 15.4 Å². The van der Waals surface area contributed by atoms with Crippen LogP contribution < -0.4 is 10.6 Å². The SMILES string of the molecule is N#Cc1cccc(N2CCOC(CCN)C2)c1. The van der Waals surface area contributed by atoms with Crippen LogP contribution >= 0.6 is 0 Å². The van der Waals surface area contributed by atoms with Gasteiger partial charge in [-0.3, -0.25) is 0 Å². The molecule has 1 aliphatic rings. The highest BCUT2D eigenvalue weighted by atomic mass is 16.5. The minimum Gasteiger partial charge on any atom is -0.374 e. The minimum atomic E-state index is 0.208. The zero-order chi connectivity index (χ0) is 12.1. The number of rotatable bonds is 3. The lowest BCUT2D eigenvalue weighted by Crippen LogP contribution is -2.43. The Kier molecular flexibility index (Phi) is 3.97. The first-order chi connectivity index (χ1) is 8.33. The Balaban J connectivity index is 2.08. The largest absolute Gasteiger partial charge is 0.374 e. The summed E-state index contributed by atoms with van der Waals surface area (Å²) in [5.41, 5.74) is 7.34. The van der Waals surface area contributed by atoms with E-state index in [4.69, 9.17) is 15.7 Å². The number of nitrogens with zero attached hydrogens (tertiary/aromatic N) is 2. The molecule has 90 valence electrons. The summed E-state index contributed by atoms with van der Waals surface area (Å²) in [5, 5.41) is 8.89. The van der Waals surface area contributed by atoms with Gasteiger partial charge in [0, 0.05) is 18.8 Å². The van der Waals surface area contributed by atoms with Gasteiger partial charge >= 0.3 is 0 Å². The molecule has 2 N–H and O–H groups in total. The van der Waals surface area contributed by atoms with Gasteiger partial charge in [-0.25, -0.2) is 0 Å². The first kappa shape index (κ1) is 11.9. The van der Waals surface area contributed by atoms with Gasteiger partial charge in [-0.1, -0.05) is 6.07 Å². The van der Waals surface area contributed by atoms with E-state index < -0.39 is 0 Å². The summed E-state index contributed by atoms with van der Waals surface area (Å²) >= 11 is 0. The van der Waals surface area contributed by atoms with Crippen molar-refractivity contribution in [3.63, 3.8) is 0 Å². The van der Waals surface area contributed by atoms with Crippen LogP contribution in [0.1, 0.15) is 12.0 Å². The Morgan fingerprint density at radius 1 is 1.53 bits per heavy atom. The summed E-state index contributed by atoms with van der Waals surface area (Å²) in [4.78, 5) is 2.25. The monoisotopic (exact) mass is 231 g/mol.